The van der Waals surface area contributed by atoms with Crippen molar-refractivity contribution in [1.82, 2.24) is 0 Å². The molecule has 0 aliphatic carbocycles. The van der Waals surface area contributed by atoms with Crippen molar-refractivity contribution in [2.75, 3.05) is 12.4 Å². The van der Waals surface area contributed by atoms with E-state index in [9.17, 15) is 5.11 Å². The van der Waals surface area contributed by atoms with E-state index in [1.807, 2.05) is 6.07 Å². The molecule has 0 aliphatic rings. The Bertz CT molecular complexity index is 567. The lowest BCUT2D eigenvalue weighted by molar-refractivity contribution is 0.415. The predicted octanol–water partition coefficient (Wildman–Crippen LogP) is 4.32. The minimum atomic E-state index is 0.166. The smallest absolute Gasteiger partial charge is 0.137 e. The van der Waals surface area contributed by atoms with Gasteiger partial charge in [0, 0.05) is 22.8 Å². The summed E-state index contributed by atoms with van der Waals surface area (Å²) in [5, 5.41) is 13.9. The fourth-order valence-corrected chi connectivity index (χ4v) is 2.18. The van der Waals surface area contributed by atoms with Crippen LogP contribution in [-0.2, 0) is 6.54 Å². The largest absolute Gasteiger partial charge is 0.508 e. The average molecular weight is 298 g/mol. The molecule has 0 atom stereocenters. The number of methoxy groups -OCH3 is 1. The second kappa shape index (κ2) is 6.04. The molecule has 0 spiro atoms. The van der Waals surface area contributed by atoms with Crippen LogP contribution in [0.1, 0.15) is 5.56 Å². The number of nitrogens with one attached hydrogen (secondary N) is 1. The Morgan fingerprint density at radius 3 is 2.58 bits per heavy atom. The van der Waals surface area contributed by atoms with Gasteiger partial charge < -0.3 is 15.2 Å². The van der Waals surface area contributed by atoms with Gasteiger partial charge in [-0.3, -0.25) is 0 Å². The number of rotatable bonds is 4. The number of aromatic hydroxyl groups is 1. The van der Waals surface area contributed by atoms with E-state index in [1.54, 1.807) is 37.4 Å². The third kappa shape index (κ3) is 3.25. The molecule has 100 valence electrons. The Kier molecular flexibility index (Phi) is 4.40. The van der Waals surface area contributed by atoms with Crippen LogP contribution in [0.2, 0.25) is 10.0 Å². The molecule has 0 bridgehead atoms. The number of anilines is 1. The SMILES string of the molecule is COc1ccc(NCc2c(O)cccc2Cl)cc1Cl. The first-order valence-electron chi connectivity index (χ1n) is 5.65. The summed E-state index contributed by atoms with van der Waals surface area (Å²) in [6.07, 6.45) is 0. The van der Waals surface area contributed by atoms with Crippen LogP contribution in [0.4, 0.5) is 5.69 Å². The van der Waals surface area contributed by atoms with Crippen LogP contribution in [-0.4, -0.2) is 12.2 Å². The lowest BCUT2D eigenvalue weighted by atomic mass is 10.2. The van der Waals surface area contributed by atoms with Crippen molar-refractivity contribution in [3.05, 3.63) is 52.0 Å². The molecule has 0 unspecified atom stereocenters. The number of phenolic OH excluding ortho intramolecular Hbond substituents is 1. The van der Waals surface area contributed by atoms with Crippen molar-refractivity contribution in [3.8, 4) is 11.5 Å². The zero-order chi connectivity index (χ0) is 13.8. The molecule has 0 saturated carbocycles. The molecule has 0 aliphatic heterocycles. The standard InChI is InChI=1S/C14H13Cl2NO2/c1-19-14-6-5-9(7-12(14)16)17-8-10-11(15)3-2-4-13(10)18/h2-7,17-18H,8H2,1H3. The van der Waals surface area contributed by atoms with Gasteiger partial charge in [-0.05, 0) is 30.3 Å². The molecule has 19 heavy (non-hydrogen) atoms. The second-order valence-corrected chi connectivity index (χ2v) is 4.75. The Morgan fingerprint density at radius 1 is 1.16 bits per heavy atom. The highest BCUT2D eigenvalue weighted by atomic mass is 35.5. The molecule has 2 rings (SSSR count). The van der Waals surface area contributed by atoms with E-state index in [4.69, 9.17) is 27.9 Å². The van der Waals surface area contributed by atoms with Crippen LogP contribution >= 0.6 is 23.2 Å². The fourth-order valence-electron chi connectivity index (χ4n) is 1.69. The molecule has 0 aromatic heterocycles. The van der Waals surface area contributed by atoms with Gasteiger partial charge in [0.05, 0.1) is 12.1 Å². The Hall–Kier alpha value is -1.58. The molecular formula is C14H13Cl2NO2. The summed E-state index contributed by atoms with van der Waals surface area (Å²) in [7, 11) is 1.57. The highest BCUT2D eigenvalue weighted by Crippen LogP contribution is 2.29. The maximum absolute atomic E-state index is 9.74. The van der Waals surface area contributed by atoms with Crippen LogP contribution in [0.25, 0.3) is 0 Å². The van der Waals surface area contributed by atoms with Gasteiger partial charge >= 0.3 is 0 Å². The zero-order valence-corrected chi connectivity index (χ0v) is 11.8. The van der Waals surface area contributed by atoms with E-state index in [0.717, 1.165) is 5.69 Å². The van der Waals surface area contributed by atoms with Crippen LogP contribution in [0.5, 0.6) is 11.5 Å². The molecule has 0 fully saturated rings. The lowest BCUT2D eigenvalue weighted by Crippen LogP contribution is -2.00. The summed E-state index contributed by atoms with van der Waals surface area (Å²) < 4.78 is 5.08. The first-order valence-corrected chi connectivity index (χ1v) is 6.41. The maximum Gasteiger partial charge on any atom is 0.137 e. The van der Waals surface area contributed by atoms with E-state index in [-0.39, 0.29) is 5.75 Å². The second-order valence-electron chi connectivity index (χ2n) is 3.94. The number of ether oxygens (including phenoxy) is 1. The summed E-state index contributed by atoms with van der Waals surface area (Å²) in [4.78, 5) is 0. The molecular weight excluding hydrogens is 285 g/mol. The Balaban J connectivity index is 2.13. The van der Waals surface area contributed by atoms with Crippen LogP contribution in [0, 0.1) is 0 Å². The van der Waals surface area contributed by atoms with Gasteiger partial charge in [-0.2, -0.15) is 0 Å². The first kappa shape index (κ1) is 13.8. The fraction of sp³-hybridized carbons (Fsp3) is 0.143. The topological polar surface area (TPSA) is 41.5 Å². The van der Waals surface area contributed by atoms with Crippen molar-refractivity contribution >= 4 is 28.9 Å². The highest BCUT2D eigenvalue weighted by Gasteiger charge is 2.06. The third-order valence-corrected chi connectivity index (χ3v) is 3.36. The first-order chi connectivity index (χ1) is 9.11. The summed E-state index contributed by atoms with van der Waals surface area (Å²) >= 11 is 12.1. The van der Waals surface area contributed by atoms with Gasteiger partial charge in [-0.25, -0.2) is 0 Å². The number of hydrogen-bond acceptors (Lipinski definition) is 3. The third-order valence-electron chi connectivity index (χ3n) is 2.72. The number of halogens is 2. The van der Waals surface area contributed by atoms with E-state index < -0.39 is 0 Å². The van der Waals surface area contributed by atoms with Gasteiger partial charge in [-0.1, -0.05) is 29.3 Å². The van der Waals surface area contributed by atoms with Gasteiger partial charge in [-0.15, -0.1) is 0 Å². The summed E-state index contributed by atoms with van der Waals surface area (Å²) in [6.45, 7) is 0.411. The predicted molar refractivity (Wildman–Crippen MR) is 78.4 cm³/mol. The number of phenols is 1. The molecule has 0 radical (unpaired) electrons. The van der Waals surface area contributed by atoms with E-state index in [2.05, 4.69) is 5.32 Å². The molecule has 2 aromatic carbocycles. The van der Waals surface area contributed by atoms with Crippen molar-refractivity contribution in [2.24, 2.45) is 0 Å². The van der Waals surface area contributed by atoms with Gasteiger partial charge in [0.15, 0.2) is 0 Å². The van der Waals surface area contributed by atoms with Gasteiger partial charge in [0.25, 0.3) is 0 Å². The number of hydrogen-bond donors (Lipinski definition) is 2. The van der Waals surface area contributed by atoms with E-state index >= 15 is 0 Å². The maximum atomic E-state index is 9.74. The summed E-state index contributed by atoms with van der Waals surface area (Å²) in [5.41, 5.74) is 1.47. The van der Waals surface area contributed by atoms with Crippen molar-refractivity contribution in [1.29, 1.82) is 0 Å². The Morgan fingerprint density at radius 2 is 1.95 bits per heavy atom. The average Bonchev–Trinajstić information content (AvgIpc) is 2.38. The van der Waals surface area contributed by atoms with Crippen molar-refractivity contribution < 1.29 is 9.84 Å². The molecule has 0 amide bonds. The van der Waals surface area contributed by atoms with Crippen LogP contribution in [0.3, 0.4) is 0 Å². The molecule has 2 N–H and O–H groups in total. The van der Waals surface area contributed by atoms with E-state index in [1.165, 1.54) is 0 Å². The van der Waals surface area contributed by atoms with E-state index in [0.29, 0.717) is 27.9 Å². The lowest BCUT2D eigenvalue weighted by Gasteiger charge is -2.11. The molecule has 5 heteroatoms. The minimum Gasteiger partial charge on any atom is -0.508 e. The van der Waals surface area contributed by atoms with Gasteiger partial charge in [0.1, 0.15) is 11.5 Å². The monoisotopic (exact) mass is 297 g/mol. The normalized spacial score (nSPS) is 10.3. The molecule has 3 nitrogen and oxygen atoms in total. The molecule has 2 aromatic rings. The summed E-state index contributed by atoms with van der Waals surface area (Å²) in [5.74, 6) is 0.785. The molecule has 0 heterocycles. The van der Waals surface area contributed by atoms with Gasteiger partial charge in [0.2, 0.25) is 0 Å². The van der Waals surface area contributed by atoms with Crippen molar-refractivity contribution in [3.63, 3.8) is 0 Å². The van der Waals surface area contributed by atoms with Crippen LogP contribution < -0.4 is 10.1 Å². The minimum absolute atomic E-state index is 0.166. The zero-order valence-electron chi connectivity index (χ0n) is 10.3. The number of benzene rings is 2. The summed E-state index contributed by atoms with van der Waals surface area (Å²) in [6, 6.07) is 10.4. The van der Waals surface area contributed by atoms with Crippen molar-refractivity contribution in [2.45, 2.75) is 6.54 Å². The molecule has 0 saturated heterocycles. The quantitative estimate of drug-likeness (QED) is 0.883. The highest BCUT2D eigenvalue weighted by molar-refractivity contribution is 6.32. The Labute approximate surface area is 121 Å². The van der Waals surface area contributed by atoms with Crippen LogP contribution in [0.15, 0.2) is 36.4 Å².